The molecule has 35 heavy (non-hydrogen) atoms. The van der Waals surface area contributed by atoms with Crippen molar-refractivity contribution in [2.75, 3.05) is 26.2 Å². The van der Waals surface area contributed by atoms with E-state index in [1.807, 2.05) is 26.0 Å². The lowest BCUT2D eigenvalue weighted by Crippen LogP contribution is -2.54. The van der Waals surface area contributed by atoms with Crippen LogP contribution in [-0.2, 0) is 14.3 Å². The van der Waals surface area contributed by atoms with E-state index in [1.165, 1.54) is 50.8 Å². The summed E-state index contributed by atoms with van der Waals surface area (Å²) in [4.78, 5) is 43.2. The van der Waals surface area contributed by atoms with Gasteiger partial charge in [0.15, 0.2) is 5.78 Å². The van der Waals surface area contributed by atoms with Gasteiger partial charge in [0.1, 0.15) is 18.7 Å². The molecule has 1 aromatic carbocycles. The predicted octanol–water partition coefficient (Wildman–Crippen LogP) is 3.13. The average molecular weight is 482 g/mol. The minimum atomic E-state index is -0.657. The van der Waals surface area contributed by atoms with Crippen LogP contribution in [0.15, 0.2) is 24.3 Å². The third-order valence-corrected chi connectivity index (χ3v) is 8.93. The Bertz CT molecular complexity index is 936. The van der Waals surface area contributed by atoms with Crippen molar-refractivity contribution >= 4 is 17.6 Å². The van der Waals surface area contributed by atoms with Gasteiger partial charge in [-0.2, -0.15) is 0 Å². The minimum Gasteiger partial charge on any atom is -0.368 e. The Morgan fingerprint density at radius 2 is 1.77 bits per heavy atom. The van der Waals surface area contributed by atoms with E-state index in [9.17, 15) is 14.4 Å². The molecule has 5 rings (SSSR count). The third-order valence-electron chi connectivity index (χ3n) is 8.93. The summed E-state index contributed by atoms with van der Waals surface area (Å²) in [6, 6.07) is 7.60. The van der Waals surface area contributed by atoms with Crippen LogP contribution in [-0.4, -0.2) is 77.9 Å². The maximum atomic E-state index is 13.5. The van der Waals surface area contributed by atoms with Gasteiger partial charge in [-0.05, 0) is 74.7 Å². The largest absolute Gasteiger partial charge is 0.368 e. The Morgan fingerprint density at radius 1 is 1.06 bits per heavy atom. The van der Waals surface area contributed by atoms with Crippen LogP contribution in [0.2, 0.25) is 0 Å². The highest BCUT2D eigenvalue weighted by Crippen LogP contribution is 2.33. The van der Waals surface area contributed by atoms with E-state index >= 15 is 0 Å². The van der Waals surface area contributed by atoms with Gasteiger partial charge in [0.05, 0.1) is 6.10 Å². The smallest absolute Gasteiger partial charge is 0.251 e. The lowest BCUT2D eigenvalue weighted by atomic mass is 9.85. The Morgan fingerprint density at radius 3 is 2.40 bits per heavy atom. The predicted molar refractivity (Wildman–Crippen MR) is 133 cm³/mol. The molecule has 1 aliphatic carbocycles. The minimum absolute atomic E-state index is 0.0378. The van der Waals surface area contributed by atoms with E-state index < -0.39 is 12.1 Å². The quantitative estimate of drug-likeness (QED) is 0.647. The number of ether oxygens (including phenoxy) is 1. The summed E-state index contributed by atoms with van der Waals surface area (Å²) >= 11 is 0. The highest BCUT2D eigenvalue weighted by Gasteiger charge is 2.48. The zero-order valence-corrected chi connectivity index (χ0v) is 21.1. The molecule has 1 aromatic rings. The molecule has 3 saturated heterocycles. The van der Waals surface area contributed by atoms with Crippen molar-refractivity contribution in [2.45, 2.75) is 88.9 Å². The van der Waals surface area contributed by atoms with Crippen molar-refractivity contribution in [1.82, 2.24) is 15.1 Å². The molecule has 0 bridgehead atoms. The van der Waals surface area contributed by atoms with Gasteiger partial charge in [-0.1, -0.05) is 38.8 Å². The molecule has 7 heteroatoms. The number of nitrogens with zero attached hydrogens (tertiary/aromatic N) is 2. The Kier molecular flexibility index (Phi) is 7.26. The lowest BCUT2D eigenvalue weighted by Gasteiger charge is -2.42. The number of rotatable bonds is 7. The molecule has 4 fully saturated rings. The zero-order chi connectivity index (χ0) is 24.5. The molecule has 4 aliphatic rings. The topological polar surface area (TPSA) is 79.0 Å². The number of carbonyl (C=O) groups excluding carboxylic acids is 3. The van der Waals surface area contributed by atoms with Crippen LogP contribution < -0.4 is 5.32 Å². The summed E-state index contributed by atoms with van der Waals surface area (Å²) in [6.07, 6.45) is 7.66. The van der Waals surface area contributed by atoms with Crippen LogP contribution in [0.25, 0.3) is 0 Å². The van der Waals surface area contributed by atoms with E-state index in [0.29, 0.717) is 24.4 Å². The van der Waals surface area contributed by atoms with Gasteiger partial charge >= 0.3 is 0 Å². The fourth-order valence-electron chi connectivity index (χ4n) is 6.18. The van der Waals surface area contributed by atoms with Gasteiger partial charge in [-0.25, -0.2) is 0 Å². The number of amides is 2. The summed E-state index contributed by atoms with van der Waals surface area (Å²) in [5, 5.41) is 3.00. The lowest BCUT2D eigenvalue weighted by molar-refractivity contribution is -0.139. The highest BCUT2D eigenvalue weighted by molar-refractivity contribution is 5.99. The molecule has 3 aliphatic heterocycles. The average Bonchev–Trinajstić information content (AvgIpc) is 3.44. The van der Waals surface area contributed by atoms with Crippen molar-refractivity contribution in [3.63, 3.8) is 0 Å². The first-order valence-electron chi connectivity index (χ1n) is 13.6. The monoisotopic (exact) mass is 481 g/mol. The first kappa shape index (κ1) is 24.4. The number of hydrogen-bond donors (Lipinski definition) is 1. The van der Waals surface area contributed by atoms with Crippen molar-refractivity contribution in [1.29, 1.82) is 0 Å². The van der Waals surface area contributed by atoms with Crippen LogP contribution >= 0.6 is 0 Å². The van der Waals surface area contributed by atoms with Gasteiger partial charge in [0, 0.05) is 18.2 Å². The normalized spacial score (nSPS) is 27.4. The molecule has 7 nitrogen and oxygen atoms in total. The SMILES string of the molecule is CCC(C)C(NC(=O)c1ccc(C2CCN(C3CCC3)CC2)cc1)C(=O)N1CC[C@H]2OCC(=O)[C@H]21. The van der Waals surface area contributed by atoms with Crippen LogP contribution in [0.1, 0.15) is 80.6 Å². The summed E-state index contributed by atoms with van der Waals surface area (Å²) in [6.45, 7) is 6.90. The molecular formula is C28H39N3O4. The number of piperidine rings is 1. The molecule has 2 unspecified atom stereocenters. The van der Waals surface area contributed by atoms with Crippen molar-refractivity contribution in [3.8, 4) is 0 Å². The van der Waals surface area contributed by atoms with Gasteiger partial charge in [0.2, 0.25) is 5.91 Å². The van der Waals surface area contributed by atoms with Crippen molar-refractivity contribution < 1.29 is 19.1 Å². The number of likely N-dealkylation sites (tertiary alicyclic amines) is 2. The van der Waals surface area contributed by atoms with E-state index in [2.05, 4.69) is 22.3 Å². The fraction of sp³-hybridized carbons (Fsp3) is 0.679. The first-order valence-corrected chi connectivity index (χ1v) is 13.6. The van der Waals surface area contributed by atoms with Crippen LogP contribution in [0.3, 0.4) is 0 Å². The molecule has 1 N–H and O–H groups in total. The molecule has 0 aromatic heterocycles. The van der Waals surface area contributed by atoms with Crippen molar-refractivity contribution in [3.05, 3.63) is 35.4 Å². The second-order valence-corrected chi connectivity index (χ2v) is 10.9. The Labute approximate surface area is 208 Å². The van der Waals surface area contributed by atoms with Gasteiger partial charge < -0.3 is 19.9 Å². The summed E-state index contributed by atoms with van der Waals surface area (Å²) in [5.74, 6) is 0.0630. The highest BCUT2D eigenvalue weighted by atomic mass is 16.5. The number of benzene rings is 1. The molecule has 190 valence electrons. The number of carbonyl (C=O) groups is 3. The van der Waals surface area contributed by atoms with Crippen molar-refractivity contribution in [2.24, 2.45) is 5.92 Å². The molecule has 3 heterocycles. The maximum absolute atomic E-state index is 13.5. The Balaban J connectivity index is 1.21. The second kappa shape index (κ2) is 10.4. The second-order valence-electron chi connectivity index (χ2n) is 10.9. The van der Waals surface area contributed by atoms with Crippen LogP contribution in [0.4, 0.5) is 0 Å². The number of Topliss-reactive ketones (excluding diaryl/α,β-unsaturated/α-hetero) is 1. The molecule has 4 atom stereocenters. The number of nitrogens with one attached hydrogen (secondary N) is 1. The van der Waals surface area contributed by atoms with Gasteiger partial charge in [0.25, 0.3) is 5.91 Å². The van der Waals surface area contributed by atoms with Gasteiger partial charge in [-0.15, -0.1) is 0 Å². The molecular weight excluding hydrogens is 442 g/mol. The number of hydrogen-bond acceptors (Lipinski definition) is 5. The van der Waals surface area contributed by atoms with E-state index in [4.69, 9.17) is 4.74 Å². The zero-order valence-electron chi connectivity index (χ0n) is 21.1. The molecule has 1 saturated carbocycles. The van der Waals surface area contributed by atoms with Crippen LogP contribution in [0, 0.1) is 5.92 Å². The summed E-state index contributed by atoms with van der Waals surface area (Å²) in [7, 11) is 0. The Hall–Kier alpha value is -2.25. The van der Waals surface area contributed by atoms with E-state index in [0.717, 1.165) is 12.5 Å². The summed E-state index contributed by atoms with van der Waals surface area (Å²) < 4.78 is 5.54. The number of ketones is 1. The summed E-state index contributed by atoms with van der Waals surface area (Å²) in [5.41, 5.74) is 1.87. The molecule has 0 radical (unpaired) electrons. The standard InChI is InChI=1S/C28H39N3O4/c1-3-18(2)25(28(34)31-16-13-24-26(31)23(32)17-35-24)29-27(33)21-9-7-19(8-10-21)20-11-14-30(15-12-20)22-5-4-6-22/h7-10,18,20,22,24-26H,3-6,11-17H2,1-2H3,(H,29,33)/t18?,24-,25?,26-/m1/s1. The fourth-order valence-corrected chi connectivity index (χ4v) is 6.18. The molecule has 0 spiro atoms. The molecule has 2 amide bonds. The first-order chi connectivity index (χ1) is 17.0. The maximum Gasteiger partial charge on any atom is 0.251 e. The van der Waals surface area contributed by atoms with Gasteiger partial charge in [-0.3, -0.25) is 14.4 Å². The van der Waals surface area contributed by atoms with E-state index in [-0.39, 0.29) is 36.2 Å². The van der Waals surface area contributed by atoms with Crippen LogP contribution in [0.5, 0.6) is 0 Å². The number of fused-ring (bicyclic) bond motifs is 1. The van der Waals surface area contributed by atoms with E-state index in [1.54, 1.807) is 4.90 Å². The third kappa shape index (κ3) is 4.90.